The average Bonchev–Trinajstić information content (AvgIpc) is 2.74. The molecule has 0 aliphatic carbocycles. The van der Waals surface area contributed by atoms with Gasteiger partial charge in [-0.05, 0) is 51.1 Å². The molecular formula is C21H23ClF3N3O5. The maximum atomic E-state index is 12.7. The van der Waals surface area contributed by atoms with Gasteiger partial charge in [0, 0.05) is 12.2 Å². The number of carbonyl (C=O) groups excluding carboxylic acids is 2. The van der Waals surface area contributed by atoms with Crippen LogP contribution in [0.4, 0.5) is 13.2 Å². The van der Waals surface area contributed by atoms with Crippen LogP contribution in [0.1, 0.15) is 26.3 Å². The summed E-state index contributed by atoms with van der Waals surface area (Å²) in [7, 11) is 1.21. The third-order valence-corrected chi connectivity index (χ3v) is 4.35. The standard InChI is InChI=1S/C21H23ClF3N3O5/c1-11(2)27-17(20(30)31-4)28-18(29)12(3)32-14-5-7-15(8-6-14)33-19-16(22)9-13(10-26-19)21(23,24)25/h5-12,17,27H,1-4H3,(H,28,29). The van der Waals surface area contributed by atoms with E-state index in [0.717, 1.165) is 6.07 Å². The Labute approximate surface area is 193 Å². The van der Waals surface area contributed by atoms with Crippen molar-refractivity contribution in [2.75, 3.05) is 7.11 Å². The van der Waals surface area contributed by atoms with Crippen molar-refractivity contribution in [1.82, 2.24) is 15.6 Å². The lowest BCUT2D eigenvalue weighted by Crippen LogP contribution is -2.55. The summed E-state index contributed by atoms with van der Waals surface area (Å²) < 4.78 is 53.8. The van der Waals surface area contributed by atoms with E-state index in [2.05, 4.69) is 20.4 Å². The molecule has 1 aromatic carbocycles. The summed E-state index contributed by atoms with van der Waals surface area (Å²) >= 11 is 5.83. The summed E-state index contributed by atoms with van der Waals surface area (Å²) in [6, 6.07) is 6.53. The first-order valence-corrected chi connectivity index (χ1v) is 10.1. The van der Waals surface area contributed by atoms with E-state index in [4.69, 9.17) is 21.1 Å². The first kappa shape index (κ1) is 26.2. The zero-order chi connectivity index (χ0) is 24.8. The Balaban J connectivity index is 1.99. The highest BCUT2D eigenvalue weighted by atomic mass is 35.5. The van der Waals surface area contributed by atoms with Crippen LogP contribution < -0.4 is 20.1 Å². The molecule has 2 unspecified atom stereocenters. The van der Waals surface area contributed by atoms with E-state index in [0.29, 0.717) is 11.9 Å². The van der Waals surface area contributed by atoms with Gasteiger partial charge in [0.15, 0.2) is 12.3 Å². The Morgan fingerprint density at radius 1 is 1.09 bits per heavy atom. The lowest BCUT2D eigenvalue weighted by molar-refractivity contribution is -0.147. The zero-order valence-electron chi connectivity index (χ0n) is 18.2. The van der Waals surface area contributed by atoms with Gasteiger partial charge in [-0.1, -0.05) is 11.6 Å². The molecule has 2 aromatic rings. The average molecular weight is 490 g/mol. The van der Waals surface area contributed by atoms with Crippen molar-refractivity contribution >= 4 is 23.5 Å². The van der Waals surface area contributed by atoms with Crippen LogP contribution in [-0.2, 0) is 20.5 Å². The number of carbonyl (C=O) groups is 2. The van der Waals surface area contributed by atoms with E-state index in [1.165, 1.54) is 38.3 Å². The van der Waals surface area contributed by atoms with Crippen LogP contribution in [0.5, 0.6) is 17.4 Å². The smallest absolute Gasteiger partial charge is 0.417 e. The van der Waals surface area contributed by atoms with Gasteiger partial charge < -0.3 is 19.5 Å². The molecular weight excluding hydrogens is 467 g/mol. The number of esters is 1. The molecule has 180 valence electrons. The molecule has 2 N–H and O–H groups in total. The first-order chi connectivity index (χ1) is 15.4. The lowest BCUT2D eigenvalue weighted by atomic mass is 10.3. The number of hydrogen-bond acceptors (Lipinski definition) is 7. The largest absolute Gasteiger partial charge is 0.481 e. The number of amides is 1. The monoisotopic (exact) mass is 489 g/mol. The number of aromatic nitrogens is 1. The number of alkyl halides is 3. The van der Waals surface area contributed by atoms with Gasteiger partial charge in [-0.3, -0.25) is 10.1 Å². The zero-order valence-corrected chi connectivity index (χ0v) is 19.0. The summed E-state index contributed by atoms with van der Waals surface area (Å²) in [6.45, 7) is 5.10. The number of pyridine rings is 1. The quantitative estimate of drug-likeness (QED) is 0.407. The minimum absolute atomic E-state index is 0.0918. The molecule has 0 radical (unpaired) electrons. The van der Waals surface area contributed by atoms with E-state index in [1.54, 1.807) is 13.8 Å². The second-order valence-electron chi connectivity index (χ2n) is 7.13. The van der Waals surface area contributed by atoms with Crippen molar-refractivity contribution in [2.45, 2.75) is 45.3 Å². The van der Waals surface area contributed by atoms with E-state index in [-0.39, 0.29) is 22.7 Å². The predicted molar refractivity (Wildman–Crippen MR) is 113 cm³/mol. The van der Waals surface area contributed by atoms with Crippen molar-refractivity contribution in [3.63, 3.8) is 0 Å². The second kappa shape index (κ2) is 11.2. The molecule has 0 aliphatic rings. The van der Waals surface area contributed by atoms with Gasteiger partial charge in [-0.25, -0.2) is 9.78 Å². The summed E-state index contributed by atoms with van der Waals surface area (Å²) in [5, 5.41) is 5.08. The Hall–Kier alpha value is -3.05. The van der Waals surface area contributed by atoms with Crippen LogP contribution in [0.25, 0.3) is 0 Å². The number of nitrogens with one attached hydrogen (secondary N) is 2. The van der Waals surface area contributed by atoms with Gasteiger partial charge in [0.2, 0.25) is 5.88 Å². The van der Waals surface area contributed by atoms with Gasteiger partial charge in [-0.2, -0.15) is 13.2 Å². The van der Waals surface area contributed by atoms with Gasteiger partial charge >= 0.3 is 12.1 Å². The summed E-state index contributed by atoms with van der Waals surface area (Å²) in [6.07, 6.45) is -5.94. The van der Waals surface area contributed by atoms with Crippen molar-refractivity contribution in [3.8, 4) is 17.4 Å². The molecule has 0 saturated heterocycles. The van der Waals surface area contributed by atoms with E-state index < -0.39 is 35.9 Å². The number of nitrogens with zero attached hydrogens (tertiary/aromatic N) is 1. The van der Waals surface area contributed by atoms with Crippen LogP contribution in [0.2, 0.25) is 5.02 Å². The van der Waals surface area contributed by atoms with Gasteiger partial charge in [0.05, 0.1) is 12.7 Å². The fraction of sp³-hybridized carbons (Fsp3) is 0.381. The maximum Gasteiger partial charge on any atom is 0.417 e. The van der Waals surface area contributed by atoms with E-state index in [9.17, 15) is 22.8 Å². The molecule has 0 saturated carbocycles. The fourth-order valence-electron chi connectivity index (χ4n) is 2.49. The number of hydrogen-bond donors (Lipinski definition) is 2. The third kappa shape index (κ3) is 7.79. The number of methoxy groups -OCH3 is 1. The highest BCUT2D eigenvalue weighted by molar-refractivity contribution is 6.31. The molecule has 8 nitrogen and oxygen atoms in total. The number of ether oxygens (including phenoxy) is 3. The van der Waals surface area contributed by atoms with Crippen molar-refractivity contribution < 1.29 is 37.0 Å². The number of halogens is 4. The molecule has 1 heterocycles. The molecule has 0 bridgehead atoms. The van der Waals surface area contributed by atoms with Crippen LogP contribution in [0.3, 0.4) is 0 Å². The lowest BCUT2D eigenvalue weighted by Gasteiger charge is -2.22. The summed E-state index contributed by atoms with van der Waals surface area (Å²) in [5.41, 5.74) is -0.992. The predicted octanol–water partition coefficient (Wildman–Crippen LogP) is 3.93. The Morgan fingerprint density at radius 3 is 2.21 bits per heavy atom. The van der Waals surface area contributed by atoms with E-state index >= 15 is 0 Å². The van der Waals surface area contributed by atoms with Crippen LogP contribution in [-0.4, -0.2) is 42.3 Å². The summed E-state index contributed by atoms with van der Waals surface area (Å²) in [4.78, 5) is 27.8. The fourth-order valence-corrected chi connectivity index (χ4v) is 2.70. The van der Waals surface area contributed by atoms with Crippen LogP contribution in [0, 0.1) is 0 Å². The molecule has 1 aromatic heterocycles. The van der Waals surface area contributed by atoms with Crippen molar-refractivity contribution in [3.05, 3.63) is 47.1 Å². The normalized spacial score (nSPS) is 13.2. The highest BCUT2D eigenvalue weighted by Crippen LogP contribution is 2.34. The number of benzene rings is 1. The Kier molecular flexibility index (Phi) is 8.89. The summed E-state index contributed by atoms with van der Waals surface area (Å²) in [5.74, 6) is -0.859. The number of rotatable bonds is 9. The second-order valence-corrected chi connectivity index (χ2v) is 7.54. The highest BCUT2D eigenvalue weighted by Gasteiger charge is 2.32. The SMILES string of the molecule is COC(=O)C(NC(=O)C(C)Oc1ccc(Oc2ncc(C(F)(F)F)cc2Cl)cc1)NC(C)C. The minimum atomic E-state index is -4.57. The molecule has 2 rings (SSSR count). The first-order valence-electron chi connectivity index (χ1n) is 9.72. The van der Waals surface area contributed by atoms with Gasteiger partial charge in [0.25, 0.3) is 5.91 Å². The molecule has 0 fully saturated rings. The minimum Gasteiger partial charge on any atom is -0.481 e. The van der Waals surface area contributed by atoms with E-state index in [1.807, 2.05) is 0 Å². The van der Waals surface area contributed by atoms with Crippen molar-refractivity contribution in [2.24, 2.45) is 0 Å². The molecule has 1 amide bonds. The van der Waals surface area contributed by atoms with Gasteiger partial charge in [-0.15, -0.1) is 0 Å². The third-order valence-electron chi connectivity index (χ3n) is 4.08. The Morgan fingerprint density at radius 2 is 1.70 bits per heavy atom. The van der Waals surface area contributed by atoms with Crippen LogP contribution in [0.15, 0.2) is 36.5 Å². The Bertz CT molecular complexity index is 971. The van der Waals surface area contributed by atoms with Gasteiger partial charge in [0.1, 0.15) is 16.5 Å². The maximum absolute atomic E-state index is 12.7. The molecule has 2 atom stereocenters. The van der Waals surface area contributed by atoms with Crippen molar-refractivity contribution in [1.29, 1.82) is 0 Å². The molecule has 0 spiro atoms. The van der Waals surface area contributed by atoms with Crippen LogP contribution >= 0.6 is 11.6 Å². The molecule has 33 heavy (non-hydrogen) atoms. The molecule has 0 aliphatic heterocycles. The topological polar surface area (TPSA) is 98.8 Å². The molecule has 12 heteroatoms.